The van der Waals surface area contributed by atoms with Crippen LogP contribution in [0.3, 0.4) is 0 Å². The summed E-state index contributed by atoms with van der Waals surface area (Å²) < 4.78 is 12.7. The average molecular weight is 501 g/mol. The van der Waals surface area contributed by atoms with Crippen LogP contribution < -0.4 is 26.0 Å². The summed E-state index contributed by atoms with van der Waals surface area (Å²) >= 11 is 0. The fourth-order valence-corrected chi connectivity index (χ4v) is 4.25. The number of hydrogen-bond acceptors (Lipinski definition) is 6. The van der Waals surface area contributed by atoms with E-state index < -0.39 is 29.2 Å². The van der Waals surface area contributed by atoms with E-state index in [9.17, 15) is 24.3 Å². The summed E-state index contributed by atoms with van der Waals surface area (Å²) in [4.78, 5) is 51.4. The second-order valence-corrected chi connectivity index (χ2v) is 8.65. The quantitative estimate of drug-likeness (QED) is 0.398. The van der Waals surface area contributed by atoms with Gasteiger partial charge in [0.2, 0.25) is 6.79 Å². The van der Waals surface area contributed by atoms with Crippen LogP contribution >= 0.6 is 0 Å². The van der Waals surface area contributed by atoms with Gasteiger partial charge in [-0.05, 0) is 48.4 Å². The lowest BCUT2D eigenvalue weighted by Gasteiger charge is -2.17. The number of carboxylic acids is 1. The van der Waals surface area contributed by atoms with Gasteiger partial charge in [0.25, 0.3) is 11.5 Å². The Morgan fingerprint density at radius 3 is 2.49 bits per heavy atom. The molecule has 188 valence electrons. The third kappa shape index (κ3) is 4.56. The summed E-state index contributed by atoms with van der Waals surface area (Å²) in [5.74, 6) is -0.420. The molecular formula is C27H23N3O7. The van der Waals surface area contributed by atoms with E-state index in [1.165, 1.54) is 25.1 Å². The molecule has 0 fully saturated rings. The number of carbonyl (C=O) groups is 2. The number of rotatable bonds is 7. The molecule has 1 amide bonds. The maximum Gasteiger partial charge on any atom is 0.332 e. The van der Waals surface area contributed by atoms with Crippen molar-refractivity contribution < 1.29 is 24.2 Å². The number of amides is 1. The van der Waals surface area contributed by atoms with E-state index in [2.05, 4.69) is 5.32 Å². The van der Waals surface area contributed by atoms with Gasteiger partial charge >= 0.3 is 11.7 Å². The third-order valence-corrected chi connectivity index (χ3v) is 6.25. The molecule has 2 N–H and O–H groups in total. The molecule has 0 spiro atoms. The molecule has 2 heterocycles. The molecule has 5 rings (SSSR count). The fraction of sp³-hybridized carbons (Fsp3) is 0.185. The number of aliphatic carboxylic acids is 1. The van der Waals surface area contributed by atoms with Crippen molar-refractivity contribution in [3.8, 4) is 11.5 Å². The van der Waals surface area contributed by atoms with E-state index in [1.54, 1.807) is 36.4 Å². The third-order valence-electron chi connectivity index (χ3n) is 6.25. The molecule has 37 heavy (non-hydrogen) atoms. The van der Waals surface area contributed by atoms with Crippen molar-refractivity contribution in [3.63, 3.8) is 0 Å². The number of ether oxygens (including phenoxy) is 2. The van der Waals surface area contributed by atoms with Crippen LogP contribution in [0.25, 0.3) is 10.9 Å². The van der Waals surface area contributed by atoms with Crippen molar-refractivity contribution in [1.29, 1.82) is 0 Å². The Bertz CT molecular complexity index is 1640. The lowest BCUT2D eigenvalue weighted by molar-refractivity contribution is -0.140. The van der Waals surface area contributed by atoms with E-state index in [1.807, 2.05) is 12.1 Å². The van der Waals surface area contributed by atoms with E-state index in [4.69, 9.17) is 9.47 Å². The van der Waals surface area contributed by atoms with Gasteiger partial charge in [-0.2, -0.15) is 0 Å². The van der Waals surface area contributed by atoms with Gasteiger partial charge in [0, 0.05) is 12.1 Å². The molecule has 1 aromatic heterocycles. The first-order valence-corrected chi connectivity index (χ1v) is 11.6. The van der Waals surface area contributed by atoms with E-state index in [0.29, 0.717) is 17.1 Å². The second kappa shape index (κ2) is 9.65. The molecule has 1 aliphatic heterocycles. The number of nitrogens with one attached hydrogen (secondary N) is 1. The summed E-state index contributed by atoms with van der Waals surface area (Å²) in [7, 11) is 0. The highest BCUT2D eigenvalue weighted by Gasteiger charge is 2.23. The van der Waals surface area contributed by atoms with Crippen LogP contribution in [0.1, 0.15) is 34.5 Å². The molecule has 10 heteroatoms. The Morgan fingerprint density at radius 2 is 1.73 bits per heavy atom. The summed E-state index contributed by atoms with van der Waals surface area (Å²) in [5.41, 5.74) is 0.492. The van der Waals surface area contributed by atoms with E-state index in [0.717, 1.165) is 14.7 Å². The molecule has 1 unspecified atom stereocenters. The smallest absolute Gasteiger partial charge is 0.332 e. The molecule has 0 radical (unpaired) electrons. The molecule has 0 aliphatic carbocycles. The molecule has 3 aromatic carbocycles. The molecule has 0 bridgehead atoms. The standard InChI is InChI=1S/C27H23N3O7/c1-16(26(33)34)30-21-9-8-19(24(31)28-13-18-7-10-22-23(11-18)37-15-36-22)12-20(21)25(32)29(27(30)35)14-17-5-3-2-4-6-17/h2-12,16H,13-15H2,1H3,(H,28,31)(H,33,34). The number of carbonyl (C=O) groups excluding carboxylic acids is 1. The van der Waals surface area contributed by atoms with Crippen LogP contribution in [-0.2, 0) is 17.9 Å². The van der Waals surface area contributed by atoms with Gasteiger partial charge in [0.1, 0.15) is 6.04 Å². The minimum absolute atomic E-state index is 0.0404. The lowest BCUT2D eigenvalue weighted by atomic mass is 10.1. The Hall–Kier alpha value is -4.86. The minimum atomic E-state index is -1.23. The molecule has 0 saturated heterocycles. The first-order valence-electron chi connectivity index (χ1n) is 11.6. The molecule has 1 atom stereocenters. The van der Waals surface area contributed by atoms with Gasteiger partial charge in [-0.1, -0.05) is 36.4 Å². The van der Waals surface area contributed by atoms with Crippen molar-refractivity contribution >= 4 is 22.8 Å². The molecule has 1 aliphatic rings. The van der Waals surface area contributed by atoms with Gasteiger partial charge in [-0.25, -0.2) is 9.59 Å². The van der Waals surface area contributed by atoms with Gasteiger partial charge in [0.05, 0.1) is 17.4 Å². The first kappa shape index (κ1) is 23.9. The summed E-state index contributed by atoms with van der Waals surface area (Å²) in [6.45, 7) is 1.69. The Balaban J connectivity index is 1.52. The molecule has 10 nitrogen and oxygen atoms in total. The van der Waals surface area contributed by atoms with Gasteiger partial charge in [-0.15, -0.1) is 0 Å². The van der Waals surface area contributed by atoms with Crippen LogP contribution in [0, 0.1) is 0 Å². The normalized spacial score (nSPS) is 12.9. The zero-order valence-electron chi connectivity index (χ0n) is 19.8. The highest BCUT2D eigenvalue weighted by Crippen LogP contribution is 2.32. The lowest BCUT2D eigenvalue weighted by Crippen LogP contribution is -2.42. The summed E-state index contributed by atoms with van der Waals surface area (Å²) in [6.07, 6.45) is 0. The maximum absolute atomic E-state index is 13.4. The molecular weight excluding hydrogens is 478 g/mol. The van der Waals surface area contributed by atoms with Crippen molar-refractivity contribution in [2.75, 3.05) is 6.79 Å². The van der Waals surface area contributed by atoms with Crippen LogP contribution in [0.2, 0.25) is 0 Å². The molecule has 4 aromatic rings. The Labute approximate surface area is 210 Å². The zero-order chi connectivity index (χ0) is 26.1. The zero-order valence-corrected chi connectivity index (χ0v) is 19.8. The SMILES string of the molecule is CC(C(=O)O)n1c(=O)n(Cc2ccccc2)c(=O)c2cc(C(=O)NCc3ccc4c(c3)OCO4)ccc21. The predicted octanol–water partition coefficient (Wildman–Crippen LogP) is 2.52. The number of hydrogen-bond donors (Lipinski definition) is 2. The summed E-state index contributed by atoms with van der Waals surface area (Å²) in [5, 5.41) is 12.5. The van der Waals surface area contributed by atoms with E-state index in [-0.39, 0.29) is 36.3 Å². The highest BCUT2D eigenvalue weighted by molar-refractivity contribution is 5.98. The van der Waals surface area contributed by atoms with Crippen molar-refractivity contribution in [2.24, 2.45) is 0 Å². The van der Waals surface area contributed by atoms with Gasteiger partial charge in [0.15, 0.2) is 11.5 Å². The largest absolute Gasteiger partial charge is 0.480 e. The van der Waals surface area contributed by atoms with Crippen molar-refractivity contribution in [3.05, 3.63) is 104 Å². The number of fused-ring (bicyclic) bond motifs is 2. The molecule has 0 saturated carbocycles. The van der Waals surface area contributed by atoms with Crippen molar-refractivity contribution in [2.45, 2.75) is 26.1 Å². The van der Waals surface area contributed by atoms with Gasteiger partial charge in [-0.3, -0.25) is 18.7 Å². The van der Waals surface area contributed by atoms with Crippen LogP contribution in [-0.4, -0.2) is 32.9 Å². The maximum atomic E-state index is 13.4. The monoisotopic (exact) mass is 501 g/mol. The fourth-order valence-electron chi connectivity index (χ4n) is 4.25. The van der Waals surface area contributed by atoms with Crippen LogP contribution in [0.4, 0.5) is 0 Å². The number of nitrogens with zero attached hydrogens (tertiary/aromatic N) is 2. The number of benzene rings is 3. The Kier molecular flexibility index (Phi) is 6.22. The van der Waals surface area contributed by atoms with E-state index >= 15 is 0 Å². The minimum Gasteiger partial charge on any atom is -0.480 e. The number of carboxylic acid groups (broad SMARTS) is 1. The van der Waals surface area contributed by atoms with Crippen molar-refractivity contribution in [1.82, 2.24) is 14.5 Å². The van der Waals surface area contributed by atoms with Crippen LogP contribution in [0.5, 0.6) is 11.5 Å². The number of aromatic nitrogens is 2. The second-order valence-electron chi connectivity index (χ2n) is 8.65. The average Bonchev–Trinajstić information content (AvgIpc) is 3.38. The summed E-state index contributed by atoms with van der Waals surface area (Å²) in [6, 6.07) is 17.3. The highest BCUT2D eigenvalue weighted by atomic mass is 16.7. The van der Waals surface area contributed by atoms with Crippen LogP contribution in [0.15, 0.2) is 76.3 Å². The Morgan fingerprint density at radius 1 is 0.973 bits per heavy atom. The van der Waals surface area contributed by atoms with Gasteiger partial charge < -0.3 is 19.9 Å². The topological polar surface area (TPSA) is 129 Å². The predicted molar refractivity (Wildman–Crippen MR) is 134 cm³/mol. The first-order chi connectivity index (χ1) is 17.8.